The second kappa shape index (κ2) is 13.4. The molecule has 0 aliphatic carbocycles. The van der Waals surface area contributed by atoms with Crippen LogP contribution in [0.3, 0.4) is 0 Å². The number of hydrogen-bond donors (Lipinski definition) is 0. The maximum Gasteiger partial charge on any atom is 0.133 e. The number of nitrogens with zero attached hydrogens (tertiary/aromatic N) is 4. The van der Waals surface area contributed by atoms with Crippen LogP contribution in [0.4, 0.5) is 0 Å². The fourth-order valence-corrected chi connectivity index (χ4v) is 6.16. The van der Waals surface area contributed by atoms with Crippen molar-refractivity contribution >= 4 is 5.57 Å². The fraction of sp³-hybridized carbons (Fsp3) is 0.371. The van der Waals surface area contributed by atoms with E-state index in [4.69, 9.17) is 0 Å². The van der Waals surface area contributed by atoms with Gasteiger partial charge in [0.2, 0.25) is 0 Å². The third-order valence-corrected chi connectivity index (χ3v) is 8.48. The summed E-state index contributed by atoms with van der Waals surface area (Å²) in [5, 5.41) is 19.6. The van der Waals surface area contributed by atoms with Gasteiger partial charge in [0.15, 0.2) is 0 Å². The maximum atomic E-state index is 9.78. The van der Waals surface area contributed by atoms with Gasteiger partial charge in [0.1, 0.15) is 17.7 Å². The molecule has 0 amide bonds. The Morgan fingerprint density at radius 1 is 0.692 bits per heavy atom. The van der Waals surface area contributed by atoms with Crippen molar-refractivity contribution in [2.45, 2.75) is 51.6 Å². The molecule has 39 heavy (non-hydrogen) atoms. The second-order valence-electron chi connectivity index (χ2n) is 11.1. The summed E-state index contributed by atoms with van der Waals surface area (Å²) in [4.78, 5) is 5.08. The van der Waals surface area contributed by atoms with Crippen molar-refractivity contribution in [3.05, 3.63) is 112 Å². The number of benzene rings is 3. The van der Waals surface area contributed by atoms with E-state index < -0.39 is 0 Å². The number of likely N-dealkylation sites (tertiary alicyclic amines) is 1. The first-order valence-electron chi connectivity index (χ1n) is 14.4. The molecule has 1 fully saturated rings. The van der Waals surface area contributed by atoms with E-state index in [1.54, 1.807) is 0 Å². The molecule has 1 saturated heterocycles. The van der Waals surface area contributed by atoms with Gasteiger partial charge in [-0.2, -0.15) is 10.5 Å². The summed E-state index contributed by atoms with van der Waals surface area (Å²) in [5.41, 5.74) is 7.76. The predicted octanol–water partition coefficient (Wildman–Crippen LogP) is 6.78. The van der Waals surface area contributed by atoms with E-state index >= 15 is 0 Å². The molecule has 2 aliphatic heterocycles. The summed E-state index contributed by atoms with van der Waals surface area (Å²) in [6, 6.07) is 32.5. The van der Waals surface area contributed by atoms with Crippen molar-refractivity contribution < 1.29 is 0 Å². The van der Waals surface area contributed by atoms with Crippen molar-refractivity contribution in [1.29, 1.82) is 10.5 Å². The average molecular weight is 515 g/mol. The topological polar surface area (TPSA) is 54.1 Å². The smallest absolute Gasteiger partial charge is 0.133 e. The van der Waals surface area contributed by atoms with E-state index in [0.717, 1.165) is 76.1 Å². The van der Waals surface area contributed by atoms with Crippen LogP contribution in [0, 0.1) is 28.6 Å². The highest BCUT2D eigenvalue weighted by Crippen LogP contribution is 2.32. The molecule has 0 radical (unpaired) electrons. The minimum absolute atomic E-state index is 0.274. The number of rotatable bonds is 8. The van der Waals surface area contributed by atoms with Crippen LogP contribution in [-0.4, -0.2) is 36.0 Å². The van der Waals surface area contributed by atoms with Crippen LogP contribution in [0.2, 0.25) is 0 Å². The lowest BCUT2D eigenvalue weighted by Gasteiger charge is -2.32. The van der Waals surface area contributed by atoms with Gasteiger partial charge in [0, 0.05) is 26.2 Å². The van der Waals surface area contributed by atoms with Crippen LogP contribution < -0.4 is 0 Å². The van der Waals surface area contributed by atoms with Crippen LogP contribution in [0.5, 0.6) is 0 Å². The zero-order valence-corrected chi connectivity index (χ0v) is 22.9. The Labute approximate surface area is 233 Å². The number of fused-ring (bicyclic) bond motifs is 1. The lowest BCUT2D eigenvalue weighted by molar-refractivity contribution is 0.173. The highest BCUT2D eigenvalue weighted by Gasteiger charge is 2.22. The molecular formula is C35H38N4. The molecule has 3 aromatic carbocycles. The molecule has 2 aliphatic rings. The molecule has 198 valence electrons. The van der Waals surface area contributed by atoms with Gasteiger partial charge in [-0.15, -0.1) is 0 Å². The van der Waals surface area contributed by atoms with E-state index in [1.165, 1.54) is 35.1 Å². The molecule has 0 saturated carbocycles. The van der Waals surface area contributed by atoms with Gasteiger partial charge in [-0.3, -0.25) is 9.80 Å². The number of nitriles is 2. The van der Waals surface area contributed by atoms with E-state index in [0.29, 0.717) is 5.92 Å². The van der Waals surface area contributed by atoms with Crippen molar-refractivity contribution in [3.63, 3.8) is 0 Å². The van der Waals surface area contributed by atoms with Gasteiger partial charge in [-0.1, -0.05) is 78.9 Å². The van der Waals surface area contributed by atoms with Gasteiger partial charge in [-0.25, -0.2) is 0 Å². The first-order valence-corrected chi connectivity index (χ1v) is 14.4. The van der Waals surface area contributed by atoms with Crippen LogP contribution in [0.25, 0.3) is 5.57 Å². The van der Waals surface area contributed by atoms with Crippen LogP contribution in [0.15, 0.2) is 84.4 Å². The Bertz CT molecular complexity index is 1320. The minimum Gasteiger partial charge on any atom is -0.299 e. The van der Waals surface area contributed by atoms with Crippen LogP contribution in [-0.2, 0) is 25.9 Å². The number of piperidine rings is 1. The Morgan fingerprint density at radius 2 is 1.26 bits per heavy atom. The molecule has 3 aromatic rings. The predicted molar refractivity (Wildman–Crippen MR) is 157 cm³/mol. The van der Waals surface area contributed by atoms with Gasteiger partial charge < -0.3 is 0 Å². The van der Waals surface area contributed by atoms with Gasteiger partial charge in [0.25, 0.3) is 0 Å². The van der Waals surface area contributed by atoms with Crippen molar-refractivity contribution in [2.75, 3.05) is 26.2 Å². The van der Waals surface area contributed by atoms with E-state index in [1.807, 2.05) is 0 Å². The number of hydrogen-bond acceptors (Lipinski definition) is 4. The molecule has 0 atom stereocenters. The Kier molecular flexibility index (Phi) is 9.23. The molecule has 4 nitrogen and oxygen atoms in total. The Balaban J connectivity index is 1.21. The molecule has 0 bridgehead atoms. The molecular weight excluding hydrogens is 476 g/mol. The Hall–Kier alpha value is -3.70. The first-order chi connectivity index (χ1) is 19.2. The standard InChI is InChI=1S/C35H38N4/c36-24-34(25-37)35(14-11-28-15-19-38(20-16-28)26-29-7-3-1-4-8-29)33-13-12-31-17-21-39(22-18-32(31)23-33)27-30-9-5-2-6-10-30/h1-10,12-13,23,28H,11,14-22,26-27H2. The highest BCUT2D eigenvalue weighted by molar-refractivity contribution is 5.75. The second-order valence-corrected chi connectivity index (χ2v) is 11.1. The van der Waals surface area contributed by atoms with E-state index in [-0.39, 0.29) is 5.57 Å². The highest BCUT2D eigenvalue weighted by atomic mass is 15.1. The van der Waals surface area contributed by atoms with E-state index in [2.05, 4.69) is 101 Å². The summed E-state index contributed by atoms with van der Waals surface area (Å²) in [6.45, 7) is 6.29. The van der Waals surface area contributed by atoms with Crippen molar-refractivity contribution in [3.8, 4) is 12.1 Å². The molecule has 0 aromatic heterocycles. The molecule has 0 unspecified atom stereocenters. The van der Waals surface area contributed by atoms with E-state index in [9.17, 15) is 10.5 Å². The summed E-state index contributed by atoms with van der Waals surface area (Å²) >= 11 is 0. The monoisotopic (exact) mass is 514 g/mol. The van der Waals surface area contributed by atoms with Crippen molar-refractivity contribution in [2.24, 2.45) is 5.92 Å². The summed E-state index contributed by atoms with van der Waals surface area (Å²) in [7, 11) is 0. The molecule has 5 rings (SSSR count). The molecule has 0 N–H and O–H groups in total. The third-order valence-electron chi connectivity index (χ3n) is 8.48. The minimum atomic E-state index is 0.274. The molecule has 0 spiro atoms. The first kappa shape index (κ1) is 26.9. The number of allylic oxidation sites excluding steroid dienone is 2. The quantitative estimate of drug-likeness (QED) is 0.311. The van der Waals surface area contributed by atoms with Crippen LogP contribution >= 0.6 is 0 Å². The normalized spacial score (nSPS) is 16.5. The average Bonchev–Trinajstić information content (AvgIpc) is 3.19. The summed E-state index contributed by atoms with van der Waals surface area (Å²) in [5.74, 6) is 0.637. The van der Waals surface area contributed by atoms with Crippen LogP contribution in [0.1, 0.15) is 53.5 Å². The maximum absolute atomic E-state index is 9.78. The third kappa shape index (κ3) is 7.24. The van der Waals surface area contributed by atoms with Crippen molar-refractivity contribution in [1.82, 2.24) is 9.80 Å². The SMILES string of the molecule is N#CC(C#N)=C(CCC1CCN(Cc2ccccc2)CC1)c1ccc2c(c1)CCN(Cc1ccccc1)CC2. The lowest BCUT2D eigenvalue weighted by Crippen LogP contribution is -2.33. The van der Waals surface area contributed by atoms with Gasteiger partial charge in [-0.05, 0) is 90.9 Å². The molecule has 2 heterocycles. The van der Waals surface area contributed by atoms with Gasteiger partial charge in [0.05, 0.1) is 0 Å². The summed E-state index contributed by atoms with van der Waals surface area (Å²) in [6.07, 6.45) is 6.21. The Morgan fingerprint density at radius 3 is 1.85 bits per heavy atom. The molecule has 4 heteroatoms. The lowest BCUT2D eigenvalue weighted by atomic mass is 9.86. The van der Waals surface area contributed by atoms with Gasteiger partial charge >= 0.3 is 0 Å². The largest absolute Gasteiger partial charge is 0.299 e. The summed E-state index contributed by atoms with van der Waals surface area (Å²) < 4.78 is 0. The zero-order valence-electron chi connectivity index (χ0n) is 22.9. The fourth-order valence-electron chi connectivity index (χ4n) is 6.16. The zero-order chi connectivity index (χ0) is 26.9.